The Kier molecular flexibility index (Phi) is 5.59. The highest BCUT2D eigenvalue weighted by Crippen LogP contribution is 2.49. The van der Waals surface area contributed by atoms with Crippen molar-refractivity contribution < 1.29 is 24.1 Å². The van der Waals surface area contributed by atoms with Gasteiger partial charge in [0, 0.05) is 12.6 Å². The molecule has 9 heteroatoms. The number of phenols is 1. The minimum Gasteiger partial charge on any atom is -0.506 e. The lowest BCUT2D eigenvalue weighted by atomic mass is 10.0. The smallest absolute Gasteiger partial charge is 0.251 e. The zero-order valence-electron chi connectivity index (χ0n) is 14.8. The summed E-state index contributed by atoms with van der Waals surface area (Å²) in [5, 5.41) is 22.5. The zero-order valence-corrected chi connectivity index (χ0v) is 15.6. The molecule has 1 fully saturated rings. The molecule has 0 aliphatic carbocycles. The van der Waals surface area contributed by atoms with Gasteiger partial charge in [-0.15, -0.1) is 0 Å². The van der Waals surface area contributed by atoms with E-state index in [2.05, 4.69) is 10.0 Å². The van der Waals surface area contributed by atoms with Gasteiger partial charge in [-0.1, -0.05) is 29.2 Å². The van der Waals surface area contributed by atoms with Crippen molar-refractivity contribution >= 4 is 22.6 Å². The van der Waals surface area contributed by atoms with Gasteiger partial charge in [-0.3, -0.25) is 18.2 Å². The van der Waals surface area contributed by atoms with Crippen molar-refractivity contribution in [1.82, 2.24) is 10.0 Å². The molecule has 2 aromatic carbocycles. The molecule has 27 heavy (non-hydrogen) atoms. The molecule has 1 aliphatic rings. The molecule has 1 aliphatic heterocycles. The molecular weight excluding hydrogens is 370 g/mol. The second kappa shape index (κ2) is 7.75. The Morgan fingerprint density at radius 3 is 2.52 bits per heavy atom. The standard InChI is InChI=1S/C18H23N3O5S/c1-19-18(24)14-4-2-3-12(9-14)5-6-13-7-8-15(16(22)10-13)21-11-17(23)20-27(21,25)26/h2-4,7-10,17,20,22-23,25-26H,5-6,11H2,1H3,(H,19,24). The molecule has 2 aromatic rings. The van der Waals surface area contributed by atoms with Gasteiger partial charge >= 0.3 is 0 Å². The lowest BCUT2D eigenvalue weighted by molar-refractivity contribution is 0.0963. The van der Waals surface area contributed by atoms with Crippen molar-refractivity contribution in [2.24, 2.45) is 0 Å². The Morgan fingerprint density at radius 1 is 1.22 bits per heavy atom. The molecule has 0 aromatic heterocycles. The van der Waals surface area contributed by atoms with Gasteiger partial charge in [0.25, 0.3) is 5.91 Å². The van der Waals surface area contributed by atoms with E-state index in [-0.39, 0.29) is 23.9 Å². The van der Waals surface area contributed by atoms with Gasteiger partial charge in [-0.2, -0.15) is 4.72 Å². The number of carbonyl (C=O) groups excluding carboxylic acids is 1. The van der Waals surface area contributed by atoms with Gasteiger partial charge in [-0.25, -0.2) is 0 Å². The number of carbonyl (C=O) groups is 1. The van der Waals surface area contributed by atoms with Gasteiger partial charge in [0.1, 0.15) is 17.7 Å². The van der Waals surface area contributed by atoms with Gasteiger partial charge in [0.05, 0.1) is 6.54 Å². The minimum absolute atomic E-state index is 0.0402. The average Bonchev–Trinajstić information content (AvgIpc) is 2.91. The molecule has 8 nitrogen and oxygen atoms in total. The number of hydrogen-bond donors (Lipinski definition) is 6. The summed E-state index contributed by atoms with van der Waals surface area (Å²) in [6, 6.07) is 12.3. The first kappa shape index (κ1) is 19.5. The minimum atomic E-state index is -3.36. The number of phenolic OH excluding ortho intramolecular Hbond substituents is 1. The van der Waals surface area contributed by atoms with E-state index in [0.717, 1.165) is 15.4 Å². The molecule has 1 atom stereocenters. The molecule has 1 saturated heterocycles. The first-order valence-corrected chi connectivity index (χ1v) is 9.94. The summed E-state index contributed by atoms with van der Waals surface area (Å²) < 4.78 is 23.4. The molecule has 6 N–H and O–H groups in total. The van der Waals surface area contributed by atoms with Crippen molar-refractivity contribution in [3.05, 3.63) is 59.2 Å². The normalized spacial score (nSPS) is 19.7. The third kappa shape index (κ3) is 4.34. The van der Waals surface area contributed by atoms with Crippen molar-refractivity contribution in [3.8, 4) is 5.75 Å². The number of aromatic hydroxyl groups is 1. The van der Waals surface area contributed by atoms with Crippen molar-refractivity contribution in [2.45, 2.75) is 19.1 Å². The first-order valence-electron chi connectivity index (χ1n) is 8.44. The molecular formula is C18H23N3O5S. The fraction of sp³-hybridized carbons (Fsp3) is 0.278. The van der Waals surface area contributed by atoms with E-state index < -0.39 is 17.2 Å². The molecule has 146 valence electrons. The molecule has 0 spiro atoms. The van der Waals surface area contributed by atoms with Gasteiger partial charge in [0.2, 0.25) is 0 Å². The lowest BCUT2D eigenvalue weighted by Crippen LogP contribution is -2.25. The van der Waals surface area contributed by atoms with Crippen LogP contribution in [0.1, 0.15) is 21.5 Å². The van der Waals surface area contributed by atoms with Crippen molar-refractivity contribution in [1.29, 1.82) is 0 Å². The van der Waals surface area contributed by atoms with Crippen LogP contribution in [0.3, 0.4) is 0 Å². The van der Waals surface area contributed by atoms with Crippen LogP contribution in [-0.4, -0.2) is 45.0 Å². The van der Waals surface area contributed by atoms with E-state index >= 15 is 0 Å². The zero-order chi connectivity index (χ0) is 19.6. The number of nitrogens with one attached hydrogen (secondary N) is 2. The molecule has 0 bridgehead atoms. The summed E-state index contributed by atoms with van der Waals surface area (Å²) in [5.74, 6) is -0.235. The largest absolute Gasteiger partial charge is 0.506 e. The van der Waals surface area contributed by atoms with E-state index in [0.29, 0.717) is 18.4 Å². The van der Waals surface area contributed by atoms with Gasteiger partial charge < -0.3 is 15.5 Å². The fourth-order valence-electron chi connectivity index (χ4n) is 3.02. The molecule has 1 amide bonds. The second-order valence-electron chi connectivity index (χ2n) is 6.32. The van der Waals surface area contributed by atoms with Crippen LogP contribution in [0.2, 0.25) is 0 Å². The average molecular weight is 393 g/mol. The summed E-state index contributed by atoms with van der Waals surface area (Å²) in [7, 11) is -1.77. The Morgan fingerprint density at radius 2 is 1.93 bits per heavy atom. The van der Waals surface area contributed by atoms with Crippen LogP contribution in [0.15, 0.2) is 42.5 Å². The highest BCUT2D eigenvalue weighted by atomic mass is 32.3. The molecule has 1 unspecified atom stereocenters. The Balaban J connectivity index is 1.71. The van der Waals surface area contributed by atoms with E-state index in [1.54, 1.807) is 31.3 Å². The number of anilines is 1. The highest BCUT2D eigenvalue weighted by molar-refractivity contribution is 8.24. The lowest BCUT2D eigenvalue weighted by Gasteiger charge is -2.36. The van der Waals surface area contributed by atoms with E-state index in [4.69, 9.17) is 0 Å². The van der Waals surface area contributed by atoms with Gasteiger partial charge in [0.15, 0.2) is 0 Å². The number of benzene rings is 2. The maximum absolute atomic E-state index is 11.7. The SMILES string of the molecule is CNC(=O)c1cccc(CCc2ccc(N3CC(O)NS3(O)O)c(O)c2)c1. The predicted molar refractivity (Wildman–Crippen MR) is 105 cm³/mol. The van der Waals surface area contributed by atoms with Crippen LogP contribution in [0.25, 0.3) is 0 Å². The number of aryl methyl sites for hydroxylation is 2. The van der Waals surface area contributed by atoms with Crippen LogP contribution in [0.5, 0.6) is 5.75 Å². The molecule has 3 rings (SSSR count). The summed E-state index contributed by atoms with van der Waals surface area (Å²) in [5.41, 5.74) is 2.70. The first-order chi connectivity index (χ1) is 12.8. The maximum atomic E-state index is 11.7. The van der Waals surface area contributed by atoms with E-state index in [1.807, 2.05) is 18.2 Å². The van der Waals surface area contributed by atoms with Crippen LogP contribution in [0, 0.1) is 0 Å². The summed E-state index contributed by atoms with van der Waals surface area (Å²) in [6.07, 6.45) is 0.243. The van der Waals surface area contributed by atoms with Crippen LogP contribution < -0.4 is 14.3 Å². The predicted octanol–water partition coefficient (Wildman–Crippen LogP) is 1.85. The molecule has 0 saturated carbocycles. The monoisotopic (exact) mass is 393 g/mol. The van der Waals surface area contributed by atoms with Crippen molar-refractivity contribution in [2.75, 3.05) is 17.9 Å². The van der Waals surface area contributed by atoms with Crippen LogP contribution >= 0.6 is 11.0 Å². The molecule has 0 radical (unpaired) electrons. The summed E-state index contributed by atoms with van der Waals surface area (Å²) in [6.45, 7) is -0.0402. The fourth-order valence-corrected chi connectivity index (χ4v) is 4.36. The summed E-state index contributed by atoms with van der Waals surface area (Å²) >= 11 is 0. The van der Waals surface area contributed by atoms with E-state index in [1.165, 1.54) is 0 Å². The molecule has 1 heterocycles. The van der Waals surface area contributed by atoms with E-state index in [9.17, 15) is 24.1 Å². The number of amides is 1. The number of aliphatic hydroxyl groups excluding tert-OH is 1. The summed E-state index contributed by atoms with van der Waals surface area (Å²) in [4.78, 5) is 11.7. The third-order valence-corrected chi connectivity index (χ3v) is 5.92. The quantitative estimate of drug-likeness (QED) is 0.458. The van der Waals surface area contributed by atoms with Gasteiger partial charge in [-0.05, 0) is 48.2 Å². The third-order valence-electron chi connectivity index (χ3n) is 4.37. The second-order valence-corrected chi connectivity index (χ2v) is 8.03. The Bertz CT molecular complexity index is 845. The number of rotatable bonds is 5. The Labute approximate surface area is 159 Å². The number of β-amino-alcohol motifs (C(OH)–C–C–N with tert-alkyl or cyclic N) is 1. The van der Waals surface area contributed by atoms with Crippen molar-refractivity contribution in [3.63, 3.8) is 0 Å². The Hall–Kier alpha value is -2.30. The topological polar surface area (TPSA) is 125 Å². The maximum Gasteiger partial charge on any atom is 0.251 e. The van der Waals surface area contributed by atoms with Crippen LogP contribution in [-0.2, 0) is 12.8 Å². The number of hydrogen-bond acceptors (Lipinski definition) is 7. The van der Waals surface area contributed by atoms with Crippen LogP contribution in [0.4, 0.5) is 5.69 Å². The number of aliphatic hydroxyl groups is 1. The highest BCUT2D eigenvalue weighted by Gasteiger charge is 2.36. The number of nitrogens with zero attached hydrogens (tertiary/aromatic N) is 1.